The maximum absolute atomic E-state index is 13.8. The van der Waals surface area contributed by atoms with Crippen molar-refractivity contribution in [2.45, 2.75) is 31.8 Å². The van der Waals surface area contributed by atoms with E-state index in [4.69, 9.17) is 0 Å². The van der Waals surface area contributed by atoms with Crippen molar-refractivity contribution in [3.05, 3.63) is 69.9 Å². The molecule has 0 saturated heterocycles. The maximum atomic E-state index is 13.8. The molecule has 1 unspecified atom stereocenters. The van der Waals surface area contributed by atoms with Gasteiger partial charge >= 0.3 is 0 Å². The monoisotopic (exact) mass is 336 g/mol. The third-order valence-corrected chi connectivity index (χ3v) is 4.05. The average molecular weight is 337 g/mol. The van der Waals surface area contributed by atoms with Crippen LogP contribution in [0.15, 0.2) is 53.0 Å². The van der Waals surface area contributed by atoms with E-state index in [2.05, 4.69) is 15.9 Å². The number of hydrogen-bond donors (Lipinski definition) is 1. The zero-order chi connectivity index (χ0) is 14.6. The van der Waals surface area contributed by atoms with Crippen molar-refractivity contribution in [1.29, 1.82) is 0 Å². The van der Waals surface area contributed by atoms with E-state index in [1.54, 1.807) is 12.1 Å². The molecule has 0 aliphatic carbocycles. The van der Waals surface area contributed by atoms with E-state index in [-0.39, 0.29) is 5.82 Å². The fourth-order valence-electron chi connectivity index (χ4n) is 2.32. The number of hydrogen-bond acceptors (Lipinski definition) is 1. The Labute approximate surface area is 127 Å². The minimum Gasteiger partial charge on any atom is -0.389 e. The van der Waals surface area contributed by atoms with Gasteiger partial charge in [0.05, 0.1) is 5.60 Å². The molecule has 0 bridgehead atoms. The largest absolute Gasteiger partial charge is 0.389 e. The van der Waals surface area contributed by atoms with Crippen molar-refractivity contribution in [3.8, 4) is 0 Å². The predicted molar refractivity (Wildman–Crippen MR) is 83.2 cm³/mol. The van der Waals surface area contributed by atoms with Crippen LogP contribution in [0.3, 0.4) is 0 Å². The Morgan fingerprint density at radius 1 is 1.10 bits per heavy atom. The molecule has 1 atom stereocenters. The van der Waals surface area contributed by atoms with E-state index in [1.165, 1.54) is 6.07 Å². The lowest BCUT2D eigenvalue weighted by Crippen LogP contribution is -2.33. The Morgan fingerprint density at radius 2 is 1.80 bits per heavy atom. The molecule has 0 heterocycles. The average Bonchev–Trinajstić information content (AvgIpc) is 2.44. The number of halogens is 2. The summed E-state index contributed by atoms with van der Waals surface area (Å²) in [6.45, 7) is 1.93. The Bertz CT molecular complexity index is 570. The SMILES string of the molecule is CCC(O)(Cc1ccccc1)Cc1cc(Br)ccc1F. The van der Waals surface area contributed by atoms with Gasteiger partial charge in [0, 0.05) is 17.3 Å². The molecule has 2 rings (SSSR count). The predicted octanol–water partition coefficient (Wildman–Crippen LogP) is 4.51. The summed E-state index contributed by atoms with van der Waals surface area (Å²) in [6.07, 6.45) is 1.41. The molecule has 2 aromatic carbocycles. The molecular weight excluding hydrogens is 319 g/mol. The van der Waals surface area contributed by atoms with E-state index in [0.717, 1.165) is 10.0 Å². The summed E-state index contributed by atoms with van der Waals surface area (Å²) in [6, 6.07) is 14.6. The highest BCUT2D eigenvalue weighted by atomic mass is 79.9. The zero-order valence-corrected chi connectivity index (χ0v) is 13.0. The molecule has 0 amide bonds. The van der Waals surface area contributed by atoms with E-state index in [0.29, 0.717) is 24.8 Å². The van der Waals surface area contributed by atoms with Gasteiger partial charge in [-0.05, 0) is 35.7 Å². The second-order valence-electron chi connectivity index (χ2n) is 5.15. The fraction of sp³-hybridized carbons (Fsp3) is 0.294. The molecule has 1 N–H and O–H groups in total. The van der Waals surface area contributed by atoms with Gasteiger partial charge in [-0.1, -0.05) is 53.2 Å². The second-order valence-corrected chi connectivity index (χ2v) is 6.07. The van der Waals surface area contributed by atoms with Crippen LogP contribution in [0.1, 0.15) is 24.5 Å². The molecule has 0 spiro atoms. The van der Waals surface area contributed by atoms with Crippen LogP contribution in [-0.4, -0.2) is 10.7 Å². The first-order valence-electron chi connectivity index (χ1n) is 6.73. The van der Waals surface area contributed by atoms with Crippen molar-refractivity contribution in [2.75, 3.05) is 0 Å². The summed E-state index contributed by atoms with van der Waals surface area (Å²) in [4.78, 5) is 0. The van der Waals surface area contributed by atoms with Gasteiger partial charge in [-0.3, -0.25) is 0 Å². The quantitative estimate of drug-likeness (QED) is 0.851. The van der Waals surface area contributed by atoms with Gasteiger partial charge in [0.15, 0.2) is 0 Å². The molecule has 0 saturated carbocycles. The highest BCUT2D eigenvalue weighted by Gasteiger charge is 2.26. The molecule has 2 aromatic rings. The fourth-order valence-corrected chi connectivity index (χ4v) is 2.73. The highest BCUT2D eigenvalue weighted by molar-refractivity contribution is 9.10. The van der Waals surface area contributed by atoms with Crippen molar-refractivity contribution < 1.29 is 9.50 Å². The topological polar surface area (TPSA) is 20.2 Å². The zero-order valence-electron chi connectivity index (χ0n) is 11.4. The van der Waals surface area contributed by atoms with E-state index >= 15 is 0 Å². The van der Waals surface area contributed by atoms with Crippen LogP contribution < -0.4 is 0 Å². The van der Waals surface area contributed by atoms with Crippen LogP contribution >= 0.6 is 15.9 Å². The first-order chi connectivity index (χ1) is 9.52. The third-order valence-electron chi connectivity index (χ3n) is 3.56. The Hall–Kier alpha value is -1.19. The second kappa shape index (κ2) is 6.51. The minimum absolute atomic E-state index is 0.270. The molecule has 20 heavy (non-hydrogen) atoms. The van der Waals surface area contributed by atoms with Crippen LogP contribution in [-0.2, 0) is 12.8 Å². The lowest BCUT2D eigenvalue weighted by molar-refractivity contribution is 0.0360. The number of aliphatic hydroxyl groups is 1. The highest BCUT2D eigenvalue weighted by Crippen LogP contribution is 2.25. The van der Waals surface area contributed by atoms with Gasteiger partial charge < -0.3 is 5.11 Å². The normalized spacial score (nSPS) is 14.0. The lowest BCUT2D eigenvalue weighted by atomic mass is 9.86. The molecule has 1 nitrogen and oxygen atoms in total. The van der Waals surface area contributed by atoms with E-state index in [9.17, 15) is 9.50 Å². The molecule has 3 heteroatoms. The molecule has 0 radical (unpaired) electrons. The summed E-state index contributed by atoms with van der Waals surface area (Å²) in [5.41, 5.74) is 0.676. The van der Waals surface area contributed by atoms with Gasteiger partial charge in [0.25, 0.3) is 0 Å². The maximum Gasteiger partial charge on any atom is 0.126 e. The van der Waals surface area contributed by atoms with Crippen molar-refractivity contribution in [3.63, 3.8) is 0 Å². The number of rotatable bonds is 5. The molecule has 0 fully saturated rings. The van der Waals surface area contributed by atoms with Crippen LogP contribution in [0.2, 0.25) is 0 Å². The first-order valence-corrected chi connectivity index (χ1v) is 7.52. The summed E-state index contributed by atoms with van der Waals surface area (Å²) < 4.78 is 14.7. The van der Waals surface area contributed by atoms with Crippen LogP contribution in [0.5, 0.6) is 0 Å². The lowest BCUT2D eigenvalue weighted by Gasteiger charge is -2.27. The van der Waals surface area contributed by atoms with E-state index in [1.807, 2.05) is 37.3 Å². The van der Waals surface area contributed by atoms with Crippen molar-refractivity contribution >= 4 is 15.9 Å². The van der Waals surface area contributed by atoms with Crippen LogP contribution in [0.4, 0.5) is 4.39 Å². The van der Waals surface area contributed by atoms with Crippen LogP contribution in [0, 0.1) is 5.82 Å². The van der Waals surface area contributed by atoms with Crippen molar-refractivity contribution in [1.82, 2.24) is 0 Å². The van der Waals surface area contributed by atoms with Gasteiger partial charge in [0.2, 0.25) is 0 Å². The molecule has 0 aromatic heterocycles. The standard InChI is InChI=1S/C17H18BrFO/c1-2-17(20,11-13-6-4-3-5-7-13)12-14-10-15(18)8-9-16(14)19/h3-10,20H,2,11-12H2,1H3. The van der Waals surface area contributed by atoms with Gasteiger partial charge in [-0.25, -0.2) is 4.39 Å². The summed E-state index contributed by atoms with van der Waals surface area (Å²) in [5, 5.41) is 10.8. The van der Waals surface area contributed by atoms with Gasteiger partial charge in [0.1, 0.15) is 5.82 Å². The molecular formula is C17H18BrFO. The Morgan fingerprint density at radius 3 is 2.45 bits per heavy atom. The summed E-state index contributed by atoms with van der Waals surface area (Å²) >= 11 is 3.34. The molecule has 106 valence electrons. The Kier molecular flexibility index (Phi) is 4.95. The first kappa shape index (κ1) is 15.2. The Balaban J connectivity index is 2.20. The molecule has 0 aliphatic heterocycles. The van der Waals surface area contributed by atoms with Crippen molar-refractivity contribution in [2.24, 2.45) is 0 Å². The summed E-state index contributed by atoms with van der Waals surface area (Å²) in [5.74, 6) is -0.270. The van der Waals surface area contributed by atoms with Crippen LogP contribution in [0.25, 0.3) is 0 Å². The minimum atomic E-state index is -0.928. The number of benzene rings is 2. The summed E-state index contributed by atoms with van der Waals surface area (Å²) in [7, 11) is 0. The molecule has 0 aliphatic rings. The third kappa shape index (κ3) is 3.90. The van der Waals surface area contributed by atoms with Gasteiger partial charge in [-0.15, -0.1) is 0 Å². The van der Waals surface area contributed by atoms with Gasteiger partial charge in [-0.2, -0.15) is 0 Å². The van der Waals surface area contributed by atoms with E-state index < -0.39 is 5.60 Å². The smallest absolute Gasteiger partial charge is 0.126 e.